The Morgan fingerprint density at radius 2 is 2.12 bits per heavy atom. The van der Waals surface area contributed by atoms with E-state index < -0.39 is 6.10 Å². The number of aliphatic hydroxyl groups is 1. The standard InChI is InChI=1S/C21H33NO4/c1-4-5-10-17(2)19(23)14-12-18-13-15-20(24)22(18)16-9-7-6-8-11-21(25)26-3/h12,14,17-19,23H,6-11,13,15-16H2,1-3H3/b14-12+/t17-,18+,19-/m1/s1. The Bertz CT molecular complexity index is 532. The maximum absolute atomic E-state index is 12.1. The van der Waals surface area contributed by atoms with E-state index in [1.165, 1.54) is 7.11 Å². The number of esters is 1. The quantitative estimate of drug-likeness (QED) is 0.265. The van der Waals surface area contributed by atoms with Gasteiger partial charge in [0.05, 0.1) is 19.3 Å². The summed E-state index contributed by atoms with van der Waals surface area (Å²) in [6.07, 6.45) is 9.49. The monoisotopic (exact) mass is 363 g/mol. The molecule has 1 rings (SSSR count). The van der Waals surface area contributed by atoms with Crippen LogP contribution in [0, 0.1) is 17.8 Å². The van der Waals surface area contributed by atoms with Gasteiger partial charge in [-0.1, -0.05) is 31.9 Å². The fraction of sp³-hybridized carbons (Fsp3) is 0.714. The summed E-state index contributed by atoms with van der Waals surface area (Å²) in [5.74, 6) is 5.94. The SMILES string of the molecule is CC#CC[C@@H](C)[C@H](O)/C=C/[C@H]1CCC(=O)N1CCCCCCC(=O)OC. The van der Waals surface area contributed by atoms with Gasteiger partial charge in [0.25, 0.3) is 0 Å². The number of methoxy groups -OCH3 is 1. The molecule has 0 saturated carbocycles. The first-order chi connectivity index (χ1) is 12.5. The zero-order chi connectivity index (χ0) is 19.4. The van der Waals surface area contributed by atoms with Crippen LogP contribution in [0.3, 0.4) is 0 Å². The molecule has 3 atom stereocenters. The first-order valence-electron chi connectivity index (χ1n) is 9.61. The number of rotatable bonds is 11. The van der Waals surface area contributed by atoms with Crippen molar-refractivity contribution >= 4 is 11.9 Å². The highest BCUT2D eigenvalue weighted by Crippen LogP contribution is 2.21. The molecule has 5 nitrogen and oxygen atoms in total. The molecule has 0 aliphatic carbocycles. The van der Waals surface area contributed by atoms with Crippen molar-refractivity contribution in [3.63, 3.8) is 0 Å². The van der Waals surface area contributed by atoms with Crippen LogP contribution in [0.1, 0.15) is 65.2 Å². The lowest BCUT2D eigenvalue weighted by atomic mass is 10.00. The molecule has 1 amide bonds. The van der Waals surface area contributed by atoms with E-state index in [4.69, 9.17) is 0 Å². The van der Waals surface area contributed by atoms with Crippen LogP contribution < -0.4 is 0 Å². The lowest BCUT2D eigenvalue weighted by molar-refractivity contribution is -0.140. The number of ether oxygens (including phenoxy) is 1. The van der Waals surface area contributed by atoms with E-state index in [0.717, 1.165) is 38.6 Å². The van der Waals surface area contributed by atoms with Crippen LogP contribution in [-0.4, -0.2) is 47.7 Å². The normalized spacial score (nSPS) is 19.3. The average molecular weight is 363 g/mol. The molecule has 0 radical (unpaired) electrons. The fourth-order valence-electron chi connectivity index (χ4n) is 3.07. The number of carbonyl (C=O) groups excluding carboxylic acids is 2. The van der Waals surface area contributed by atoms with Gasteiger partial charge in [-0.15, -0.1) is 11.8 Å². The minimum Gasteiger partial charge on any atom is -0.469 e. The number of likely N-dealkylation sites (tertiary alicyclic amines) is 1. The zero-order valence-corrected chi connectivity index (χ0v) is 16.4. The molecule has 146 valence electrons. The number of carbonyl (C=O) groups is 2. The second-order valence-corrected chi connectivity index (χ2v) is 6.92. The van der Waals surface area contributed by atoms with Gasteiger partial charge in [0, 0.05) is 25.8 Å². The molecule has 0 aromatic heterocycles. The molecule has 1 heterocycles. The minimum atomic E-state index is -0.535. The summed E-state index contributed by atoms with van der Waals surface area (Å²) in [5, 5.41) is 10.2. The molecule has 26 heavy (non-hydrogen) atoms. The summed E-state index contributed by atoms with van der Waals surface area (Å²) in [6.45, 7) is 4.51. The Hall–Kier alpha value is -1.80. The summed E-state index contributed by atoms with van der Waals surface area (Å²) in [5.41, 5.74) is 0. The maximum Gasteiger partial charge on any atom is 0.305 e. The molecule has 1 N–H and O–H groups in total. The largest absolute Gasteiger partial charge is 0.469 e. The van der Waals surface area contributed by atoms with Crippen LogP contribution >= 0.6 is 0 Å². The number of nitrogens with zero attached hydrogens (tertiary/aromatic N) is 1. The van der Waals surface area contributed by atoms with E-state index in [0.29, 0.717) is 19.3 Å². The van der Waals surface area contributed by atoms with E-state index in [-0.39, 0.29) is 23.8 Å². The summed E-state index contributed by atoms with van der Waals surface area (Å²) in [7, 11) is 1.41. The molecular formula is C21H33NO4. The van der Waals surface area contributed by atoms with Crippen molar-refractivity contribution in [2.75, 3.05) is 13.7 Å². The summed E-state index contributed by atoms with van der Waals surface area (Å²) in [4.78, 5) is 25.1. The van der Waals surface area contributed by atoms with Crippen LogP contribution in [0.5, 0.6) is 0 Å². The van der Waals surface area contributed by atoms with E-state index in [1.807, 2.05) is 24.0 Å². The molecule has 1 aliphatic rings. The van der Waals surface area contributed by atoms with Crippen molar-refractivity contribution in [1.82, 2.24) is 4.90 Å². The van der Waals surface area contributed by atoms with Gasteiger partial charge >= 0.3 is 5.97 Å². The highest BCUT2D eigenvalue weighted by Gasteiger charge is 2.28. The van der Waals surface area contributed by atoms with Crippen LogP contribution in [-0.2, 0) is 14.3 Å². The summed E-state index contributed by atoms with van der Waals surface area (Å²) >= 11 is 0. The van der Waals surface area contributed by atoms with Crippen molar-refractivity contribution in [2.24, 2.45) is 5.92 Å². The van der Waals surface area contributed by atoms with Gasteiger partial charge < -0.3 is 14.7 Å². The lowest BCUT2D eigenvalue weighted by Gasteiger charge is -2.23. The molecular weight excluding hydrogens is 330 g/mol. The van der Waals surface area contributed by atoms with Crippen LogP contribution in [0.15, 0.2) is 12.2 Å². The molecule has 0 aromatic rings. The Morgan fingerprint density at radius 1 is 1.38 bits per heavy atom. The Morgan fingerprint density at radius 3 is 2.81 bits per heavy atom. The Kier molecular flexibility index (Phi) is 10.7. The van der Waals surface area contributed by atoms with Crippen molar-refractivity contribution in [1.29, 1.82) is 0 Å². The molecule has 0 unspecified atom stereocenters. The highest BCUT2D eigenvalue weighted by atomic mass is 16.5. The second-order valence-electron chi connectivity index (χ2n) is 6.92. The molecule has 0 bridgehead atoms. The zero-order valence-electron chi connectivity index (χ0n) is 16.4. The van der Waals surface area contributed by atoms with Crippen LogP contribution in [0.2, 0.25) is 0 Å². The molecule has 1 saturated heterocycles. The maximum atomic E-state index is 12.1. The predicted molar refractivity (Wildman–Crippen MR) is 102 cm³/mol. The van der Waals surface area contributed by atoms with E-state index in [2.05, 4.69) is 16.6 Å². The second kappa shape index (κ2) is 12.5. The van der Waals surface area contributed by atoms with Crippen molar-refractivity contribution in [3.05, 3.63) is 12.2 Å². The number of aliphatic hydroxyl groups excluding tert-OH is 1. The molecule has 1 fully saturated rings. The van der Waals surface area contributed by atoms with Crippen molar-refractivity contribution in [2.45, 2.75) is 77.4 Å². The van der Waals surface area contributed by atoms with Gasteiger partial charge in [-0.3, -0.25) is 9.59 Å². The van der Waals surface area contributed by atoms with Gasteiger partial charge in [-0.2, -0.15) is 0 Å². The first-order valence-corrected chi connectivity index (χ1v) is 9.61. The third kappa shape index (κ3) is 8.05. The topological polar surface area (TPSA) is 66.8 Å². The van der Waals surface area contributed by atoms with Gasteiger partial charge in [0.2, 0.25) is 5.91 Å². The van der Waals surface area contributed by atoms with Crippen molar-refractivity contribution in [3.8, 4) is 11.8 Å². The van der Waals surface area contributed by atoms with Gasteiger partial charge in [-0.25, -0.2) is 0 Å². The Labute approximate surface area is 157 Å². The third-order valence-corrected chi connectivity index (χ3v) is 4.85. The average Bonchev–Trinajstić information content (AvgIpc) is 2.99. The lowest BCUT2D eigenvalue weighted by Crippen LogP contribution is -2.33. The fourth-order valence-corrected chi connectivity index (χ4v) is 3.07. The van der Waals surface area contributed by atoms with Gasteiger partial charge in [0.1, 0.15) is 0 Å². The summed E-state index contributed by atoms with van der Waals surface area (Å²) in [6, 6.07) is 0.0803. The van der Waals surface area contributed by atoms with Crippen molar-refractivity contribution < 1.29 is 19.4 Å². The first kappa shape index (κ1) is 22.2. The number of hydrogen-bond acceptors (Lipinski definition) is 4. The minimum absolute atomic E-state index is 0.0803. The van der Waals surface area contributed by atoms with Gasteiger partial charge in [0.15, 0.2) is 0 Å². The molecule has 0 spiro atoms. The van der Waals surface area contributed by atoms with Crippen LogP contribution in [0.25, 0.3) is 0 Å². The van der Waals surface area contributed by atoms with E-state index in [9.17, 15) is 14.7 Å². The number of hydrogen-bond donors (Lipinski definition) is 1. The van der Waals surface area contributed by atoms with E-state index in [1.54, 1.807) is 6.92 Å². The molecule has 5 heteroatoms. The smallest absolute Gasteiger partial charge is 0.305 e. The predicted octanol–water partition coefficient (Wildman–Crippen LogP) is 3.07. The van der Waals surface area contributed by atoms with E-state index >= 15 is 0 Å². The van der Waals surface area contributed by atoms with Crippen LogP contribution in [0.4, 0.5) is 0 Å². The molecule has 1 aliphatic heterocycles. The highest BCUT2D eigenvalue weighted by molar-refractivity contribution is 5.79. The third-order valence-electron chi connectivity index (χ3n) is 4.85. The summed E-state index contributed by atoms with van der Waals surface area (Å²) < 4.78 is 4.62. The van der Waals surface area contributed by atoms with Gasteiger partial charge in [-0.05, 0) is 32.1 Å². The number of amides is 1. The molecule has 0 aromatic carbocycles. The number of unbranched alkanes of at least 4 members (excludes halogenated alkanes) is 3. The Balaban J connectivity index is 2.36.